The molecule has 1 aromatic carbocycles. The minimum atomic E-state index is -0.647. The lowest BCUT2D eigenvalue weighted by molar-refractivity contribution is -0.121. The van der Waals surface area contributed by atoms with Crippen LogP contribution in [0.5, 0.6) is 5.88 Å². The molecule has 10 heteroatoms. The third-order valence-corrected chi connectivity index (χ3v) is 7.48. The highest BCUT2D eigenvalue weighted by Gasteiger charge is 2.48. The maximum Gasteiger partial charge on any atom is 0.219 e. The highest BCUT2D eigenvalue weighted by atomic mass is 19.1. The van der Waals surface area contributed by atoms with E-state index in [2.05, 4.69) is 20.2 Å². The number of carbonyl (C=O) groups excluding carboxylic acids is 1. The standard InChI is InChI=1S/C27H31FN4O5/c1-2-23(34)29-16-7-9-32(10-8-16)17-5-3-15(4-6-17)25-18(28)11-19-20(31-25)12-24(30-19)37-22-14-36-26-21(33)13-35-27(22)26/h3-6,11-12,16,21-22,26-27,30,33H,2,7-10,13-14H2,1H3,(H,29,34)/t21-,22-,26-,27-/m1/s1. The summed E-state index contributed by atoms with van der Waals surface area (Å²) < 4.78 is 32.3. The lowest BCUT2D eigenvalue weighted by Gasteiger charge is -2.34. The van der Waals surface area contributed by atoms with Gasteiger partial charge in [0.25, 0.3) is 0 Å². The van der Waals surface area contributed by atoms with Gasteiger partial charge in [-0.1, -0.05) is 19.1 Å². The van der Waals surface area contributed by atoms with E-state index in [4.69, 9.17) is 14.2 Å². The zero-order chi connectivity index (χ0) is 25.5. The number of hydrogen-bond donors (Lipinski definition) is 3. The number of aromatic nitrogens is 2. The van der Waals surface area contributed by atoms with Crippen molar-refractivity contribution in [2.45, 2.75) is 56.6 Å². The summed E-state index contributed by atoms with van der Waals surface area (Å²) in [7, 11) is 0. The summed E-state index contributed by atoms with van der Waals surface area (Å²) in [4.78, 5) is 21.6. The predicted molar refractivity (Wildman–Crippen MR) is 135 cm³/mol. The number of hydrogen-bond acceptors (Lipinski definition) is 7. The lowest BCUT2D eigenvalue weighted by atomic mass is 10.0. The van der Waals surface area contributed by atoms with Crippen molar-refractivity contribution in [3.05, 3.63) is 42.2 Å². The second-order valence-corrected chi connectivity index (χ2v) is 9.93. The third-order valence-electron chi connectivity index (χ3n) is 7.48. The molecule has 3 aliphatic heterocycles. The van der Waals surface area contributed by atoms with Gasteiger partial charge in [-0.15, -0.1) is 0 Å². The number of fused-ring (bicyclic) bond motifs is 2. The maximum atomic E-state index is 15.0. The number of amides is 1. The van der Waals surface area contributed by atoms with Gasteiger partial charge in [-0.25, -0.2) is 9.37 Å². The molecule has 0 unspecified atom stereocenters. The number of halogens is 1. The number of ether oxygens (including phenoxy) is 3. The second kappa shape index (κ2) is 9.92. The van der Waals surface area contributed by atoms with Crippen LogP contribution in [0.25, 0.3) is 22.3 Å². The first kappa shape index (κ1) is 24.1. The van der Waals surface area contributed by atoms with Crippen molar-refractivity contribution in [2.24, 2.45) is 0 Å². The van der Waals surface area contributed by atoms with E-state index in [9.17, 15) is 9.90 Å². The molecule has 1 amide bonds. The van der Waals surface area contributed by atoms with E-state index in [1.807, 2.05) is 31.2 Å². The zero-order valence-electron chi connectivity index (χ0n) is 20.7. The van der Waals surface area contributed by atoms with Crippen LogP contribution >= 0.6 is 0 Å². The fraction of sp³-hybridized carbons (Fsp3) is 0.481. The Balaban J connectivity index is 1.14. The van der Waals surface area contributed by atoms with E-state index in [0.717, 1.165) is 31.6 Å². The van der Waals surface area contributed by atoms with Crippen molar-refractivity contribution >= 4 is 22.6 Å². The molecule has 3 saturated heterocycles. The average Bonchev–Trinajstić information content (AvgIpc) is 3.60. The van der Waals surface area contributed by atoms with E-state index in [0.29, 0.717) is 35.5 Å². The van der Waals surface area contributed by atoms with Crippen LogP contribution in [0.15, 0.2) is 36.4 Å². The van der Waals surface area contributed by atoms with Gasteiger partial charge in [-0.3, -0.25) is 4.79 Å². The Hall–Kier alpha value is -3.21. The largest absolute Gasteiger partial charge is 0.470 e. The van der Waals surface area contributed by atoms with Gasteiger partial charge >= 0.3 is 0 Å². The van der Waals surface area contributed by atoms with Crippen molar-refractivity contribution < 1.29 is 28.5 Å². The smallest absolute Gasteiger partial charge is 0.219 e. The number of carbonyl (C=O) groups is 1. The Morgan fingerprint density at radius 3 is 2.70 bits per heavy atom. The Labute approximate surface area is 213 Å². The number of benzene rings is 1. The van der Waals surface area contributed by atoms with Crippen molar-refractivity contribution in [1.29, 1.82) is 0 Å². The Morgan fingerprint density at radius 1 is 1.19 bits per heavy atom. The molecule has 2 aromatic heterocycles. The Kier molecular flexibility index (Phi) is 6.48. The van der Waals surface area contributed by atoms with Crippen LogP contribution in [0.3, 0.4) is 0 Å². The number of H-pyrrole nitrogens is 1. The van der Waals surface area contributed by atoms with Gasteiger partial charge in [0, 0.05) is 48.9 Å². The monoisotopic (exact) mass is 510 g/mol. The van der Waals surface area contributed by atoms with Gasteiger partial charge in [-0.2, -0.15) is 0 Å². The van der Waals surface area contributed by atoms with Gasteiger partial charge in [0.2, 0.25) is 5.91 Å². The molecule has 0 spiro atoms. The van der Waals surface area contributed by atoms with E-state index in [1.165, 1.54) is 6.07 Å². The van der Waals surface area contributed by atoms with Crippen molar-refractivity contribution in [3.63, 3.8) is 0 Å². The molecule has 3 N–H and O–H groups in total. The number of nitrogens with one attached hydrogen (secondary N) is 2. The van der Waals surface area contributed by atoms with Gasteiger partial charge in [0.1, 0.15) is 24.0 Å². The minimum absolute atomic E-state index is 0.0965. The number of aromatic amines is 1. The first-order valence-corrected chi connectivity index (χ1v) is 12.9. The molecule has 6 rings (SSSR count). The van der Waals surface area contributed by atoms with Crippen LogP contribution in [0.1, 0.15) is 26.2 Å². The first-order valence-electron chi connectivity index (χ1n) is 12.9. The Bertz CT molecular complexity index is 1270. The molecule has 0 saturated carbocycles. The topological polar surface area (TPSA) is 109 Å². The molecule has 3 aromatic rings. The molecule has 0 aliphatic carbocycles. The summed E-state index contributed by atoms with van der Waals surface area (Å²) in [6.45, 7) is 4.12. The van der Waals surface area contributed by atoms with Gasteiger partial charge < -0.3 is 34.5 Å². The molecule has 0 bridgehead atoms. The normalized spacial score (nSPS) is 26.0. The van der Waals surface area contributed by atoms with E-state index in [-0.39, 0.29) is 42.6 Å². The van der Waals surface area contributed by atoms with E-state index in [1.54, 1.807) is 6.07 Å². The highest BCUT2D eigenvalue weighted by Crippen LogP contribution is 2.32. The van der Waals surface area contributed by atoms with E-state index < -0.39 is 11.9 Å². The average molecular weight is 511 g/mol. The van der Waals surface area contributed by atoms with Gasteiger partial charge in [-0.05, 0) is 25.0 Å². The fourth-order valence-electron chi connectivity index (χ4n) is 5.42. The fourth-order valence-corrected chi connectivity index (χ4v) is 5.42. The molecule has 3 fully saturated rings. The first-order chi connectivity index (χ1) is 18.0. The van der Waals surface area contributed by atoms with Crippen LogP contribution in [-0.2, 0) is 14.3 Å². The number of nitrogens with zero attached hydrogens (tertiary/aromatic N) is 2. The molecule has 4 atom stereocenters. The third kappa shape index (κ3) is 4.76. The molecule has 0 radical (unpaired) electrons. The van der Waals surface area contributed by atoms with Crippen molar-refractivity contribution in [2.75, 3.05) is 31.2 Å². The number of anilines is 1. The lowest BCUT2D eigenvalue weighted by Crippen LogP contribution is -2.44. The number of piperidine rings is 1. The maximum absolute atomic E-state index is 15.0. The summed E-state index contributed by atoms with van der Waals surface area (Å²) in [6, 6.07) is 11.2. The molecular formula is C27H31FN4O5. The second-order valence-electron chi connectivity index (χ2n) is 9.93. The number of rotatable bonds is 6. The number of pyridine rings is 1. The van der Waals surface area contributed by atoms with Crippen LogP contribution in [0.2, 0.25) is 0 Å². The van der Waals surface area contributed by atoms with Crippen LogP contribution < -0.4 is 15.0 Å². The van der Waals surface area contributed by atoms with E-state index >= 15 is 4.39 Å². The molecule has 196 valence electrons. The minimum Gasteiger partial charge on any atom is -0.470 e. The summed E-state index contributed by atoms with van der Waals surface area (Å²) in [5.41, 5.74) is 3.16. The van der Waals surface area contributed by atoms with Crippen LogP contribution in [-0.4, -0.2) is 77.7 Å². The van der Waals surface area contributed by atoms with Crippen LogP contribution in [0, 0.1) is 5.82 Å². The predicted octanol–water partition coefficient (Wildman–Crippen LogP) is 2.77. The molecule has 37 heavy (non-hydrogen) atoms. The summed E-state index contributed by atoms with van der Waals surface area (Å²) >= 11 is 0. The number of aliphatic hydroxyl groups excluding tert-OH is 1. The molecule has 5 heterocycles. The molecule has 9 nitrogen and oxygen atoms in total. The molecule has 3 aliphatic rings. The number of aliphatic hydroxyl groups is 1. The van der Waals surface area contributed by atoms with Crippen molar-refractivity contribution in [1.82, 2.24) is 15.3 Å². The highest BCUT2D eigenvalue weighted by molar-refractivity contribution is 5.81. The van der Waals surface area contributed by atoms with Crippen LogP contribution in [0.4, 0.5) is 10.1 Å². The summed E-state index contributed by atoms with van der Waals surface area (Å²) in [5, 5.41) is 13.0. The SMILES string of the molecule is CCC(=O)NC1CCN(c2ccc(-c3nc4cc(O[C@@H]5CO[C@H]6[C@@H]5OC[C@H]6O)[nH]c4cc3F)cc2)CC1. The molecular weight excluding hydrogens is 479 g/mol. The van der Waals surface area contributed by atoms with Crippen molar-refractivity contribution in [3.8, 4) is 17.1 Å². The van der Waals surface area contributed by atoms with Gasteiger partial charge in [0.15, 0.2) is 17.8 Å². The Morgan fingerprint density at radius 2 is 1.95 bits per heavy atom. The summed E-state index contributed by atoms with van der Waals surface area (Å²) in [6.07, 6.45) is 0.588. The van der Waals surface area contributed by atoms with Gasteiger partial charge in [0.05, 0.1) is 24.2 Å². The quantitative estimate of drug-likeness (QED) is 0.468. The zero-order valence-corrected chi connectivity index (χ0v) is 20.7. The summed E-state index contributed by atoms with van der Waals surface area (Å²) in [5.74, 6) is 0.124.